The number of aliphatic hydroxyl groups is 1. The van der Waals surface area contributed by atoms with Crippen molar-refractivity contribution >= 4 is 11.8 Å². The van der Waals surface area contributed by atoms with E-state index < -0.39 is 12.1 Å². The molecule has 0 aliphatic heterocycles. The molecular weight excluding hydrogens is 292 g/mol. The Hall–Kier alpha value is -1.88. The Kier molecular flexibility index (Phi) is 5.77. The van der Waals surface area contributed by atoms with Crippen molar-refractivity contribution in [3.05, 3.63) is 35.4 Å². The van der Waals surface area contributed by atoms with Crippen molar-refractivity contribution in [2.75, 3.05) is 0 Å². The van der Waals surface area contributed by atoms with E-state index in [-0.39, 0.29) is 23.8 Å². The fraction of sp³-hybridized carbons (Fsp3) is 0.556. The lowest BCUT2D eigenvalue weighted by molar-refractivity contribution is -0.132. The number of aryl methyl sites for hydroxylation is 1. The number of rotatable bonds is 7. The molecule has 0 aromatic heterocycles. The van der Waals surface area contributed by atoms with E-state index in [0.29, 0.717) is 0 Å². The van der Waals surface area contributed by atoms with E-state index in [2.05, 4.69) is 17.6 Å². The highest BCUT2D eigenvalue weighted by molar-refractivity contribution is 5.89. The van der Waals surface area contributed by atoms with Gasteiger partial charge in [0.25, 0.3) is 0 Å². The lowest BCUT2D eigenvalue weighted by atomic mass is 10.0. The molecule has 1 aromatic rings. The van der Waals surface area contributed by atoms with Crippen LogP contribution in [0, 0.1) is 5.92 Å². The summed E-state index contributed by atoms with van der Waals surface area (Å²) in [5.41, 5.74) is 2.24. The van der Waals surface area contributed by atoms with Gasteiger partial charge in [0.05, 0.1) is 12.1 Å². The zero-order valence-electron chi connectivity index (χ0n) is 14.0. The molecule has 5 heteroatoms. The third-order valence-electron chi connectivity index (χ3n) is 4.26. The summed E-state index contributed by atoms with van der Waals surface area (Å²) in [4.78, 5) is 24.2. The zero-order valence-corrected chi connectivity index (χ0v) is 14.0. The predicted molar refractivity (Wildman–Crippen MR) is 88.7 cm³/mol. The van der Waals surface area contributed by atoms with E-state index in [9.17, 15) is 14.7 Å². The minimum Gasteiger partial charge on any atom is -0.391 e. The molecule has 0 spiro atoms. The molecule has 1 fully saturated rings. The molecule has 1 aromatic carbocycles. The van der Waals surface area contributed by atoms with Gasteiger partial charge in [-0.3, -0.25) is 9.59 Å². The lowest BCUT2D eigenvalue weighted by Crippen LogP contribution is -2.53. The quantitative estimate of drug-likeness (QED) is 0.716. The first kappa shape index (κ1) is 17.5. The Labute approximate surface area is 137 Å². The van der Waals surface area contributed by atoms with Crippen LogP contribution in [0.15, 0.2) is 24.3 Å². The van der Waals surface area contributed by atoms with Gasteiger partial charge in [-0.25, -0.2) is 0 Å². The molecule has 0 radical (unpaired) electrons. The fourth-order valence-electron chi connectivity index (χ4n) is 2.45. The maximum absolute atomic E-state index is 12.4. The molecule has 1 saturated carbocycles. The average molecular weight is 318 g/mol. The van der Waals surface area contributed by atoms with Gasteiger partial charge in [-0.15, -0.1) is 0 Å². The summed E-state index contributed by atoms with van der Waals surface area (Å²) >= 11 is 0. The fourth-order valence-corrected chi connectivity index (χ4v) is 2.45. The Morgan fingerprint density at radius 1 is 1.17 bits per heavy atom. The van der Waals surface area contributed by atoms with E-state index in [0.717, 1.165) is 24.8 Å². The SMILES string of the molecule is CCc1ccc(C(C)NC(=O)C(NC(=O)C2CC2)C(C)O)cc1. The summed E-state index contributed by atoms with van der Waals surface area (Å²) in [7, 11) is 0. The summed E-state index contributed by atoms with van der Waals surface area (Å²) in [6.45, 7) is 5.49. The number of hydrogen-bond donors (Lipinski definition) is 3. The Morgan fingerprint density at radius 3 is 2.26 bits per heavy atom. The Balaban J connectivity index is 1.97. The van der Waals surface area contributed by atoms with Gasteiger partial charge in [0, 0.05) is 5.92 Å². The topological polar surface area (TPSA) is 78.4 Å². The molecule has 3 atom stereocenters. The first-order valence-corrected chi connectivity index (χ1v) is 8.30. The third-order valence-corrected chi connectivity index (χ3v) is 4.26. The normalized spacial score (nSPS) is 17.9. The van der Waals surface area contributed by atoms with Gasteiger partial charge >= 0.3 is 0 Å². The number of carbonyl (C=O) groups excluding carboxylic acids is 2. The molecule has 0 bridgehead atoms. The number of benzene rings is 1. The van der Waals surface area contributed by atoms with Gasteiger partial charge in [0.2, 0.25) is 11.8 Å². The second-order valence-electron chi connectivity index (χ2n) is 6.33. The zero-order chi connectivity index (χ0) is 17.0. The van der Waals surface area contributed by atoms with Crippen LogP contribution in [-0.2, 0) is 16.0 Å². The van der Waals surface area contributed by atoms with Crippen LogP contribution in [0.4, 0.5) is 0 Å². The van der Waals surface area contributed by atoms with Crippen LogP contribution in [0.3, 0.4) is 0 Å². The summed E-state index contributed by atoms with van der Waals surface area (Å²) in [6.07, 6.45) is 1.76. The second kappa shape index (κ2) is 7.59. The molecule has 0 heterocycles. The summed E-state index contributed by atoms with van der Waals surface area (Å²) in [6, 6.07) is 6.96. The maximum atomic E-state index is 12.4. The number of amides is 2. The minimum absolute atomic E-state index is 0.00283. The van der Waals surface area contributed by atoms with E-state index in [1.54, 1.807) is 0 Å². The molecular formula is C18H26N2O3. The van der Waals surface area contributed by atoms with Gasteiger partial charge in [0.1, 0.15) is 6.04 Å². The number of hydrogen-bond acceptors (Lipinski definition) is 3. The van der Waals surface area contributed by atoms with Crippen LogP contribution >= 0.6 is 0 Å². The van der Waals surface area contributed by atoms with Gasteiger partial charge in [-0.1, -0.05) is 31.2 Å². The molecule has 3 unspecified atom stereocenters. The highest BCUT2D eigenvalue weighted by Crippen LogP contribution is 2.29. The number of nitrogens with one attached hydrogen (secondary N) is 2. The van der Waals surface area contributed by atoms with Gasteiger partial charge in [0.15, 0.2) is 0 Å². The Bertz CT molecular complexity index is 550. The lowest BCUT2D eigenvalue weighted by Gasteiger charge is -2.23. The van der Waals surface area contributed by atoms with E-state index in [1.807, 2.05) is 31.2 Å². The van der Waals surface area contributed by atoms with Crippen LogP contribution in [0.1, 0.15) is 50.8 Å². The van der Waals surface area contributed by atoms with Crippen molar-refractivity contribution < 1.29 is 14.7 Å². The van der Waals surface area contributed by atoms with E-state index in [4.69, 9.17) is 0 Å². The highest BCUT2D eigenvalue weighted by Gasteiger charge is 2.34. The van der Waals surface area contributed by atoms with E-state index >= 15 is 0 Å². The second-order valence-corrected chi connectivity index (χ2v) is 6.33. The molecule has 2 rings (SSSR count). The maximum Gasteiger partial charge on any atom is 0.245 e. The van der Waals surface area contributed by atoms with Crippen molar-refractivity contribution in [3.63, 3.8) is 0 Å². The van der Waals surface area contributed by atoms with Gasteiger partial charge < -0.3 is 15.7 Å². The van der Waals surface area contributed by atoms with Crippen molar-refractivity contribution in [1.82, 2.24) is 10.6 Å². The van der Waals surface area contributed by atoms with Crippen molar-refractivity contribution in [3.8, 4) is 0 Å². The standard InChI is InChI=1S/C18H26N2O3/c1-4-13-5-7-14(8-6-13)11(2)19-18(23)16(12(3)21)20-17(22)15-9-10-15/h5-8,11-12,15-16,21H,4,9-10H2,1-3H3,(H,19,23)(H,20,22). The summed E-state index contributed by atoms with van der Waals surface area (Å²) in [5.74, 6) is -0.505. The largest absolute Gasteiger partial charge is 0.391 e. The first-order valence-electron chi connectivity index (χ1n) is 8.30. The van der Waals surface area contributed by atoms with Crippen molar-refractivity contribution in [2.45, 2.75) is 58.2 Å². The molecule has 1 aliphatic rings. The number of aliphatic hydroxyl groups excluding tert-OH is 1. The first-order chi connectivity index (χ1) is 10.9. The molecule has 3 N–H and O–H groups in total. The molecule has 5 nitrogen and oxygen atoms in total. The predicted octanol–water partition coefficient (Wildman–Crippen LogP) is 1.70. The van der Waals surface area contributed by atoms with Crippen molar-refractivity contribution in [1.29, 1.82) is 0 Å². The van der Waals surface area contributed by atoms with Crippen LogP contribution < -0.4 is 10.6 Å². The molecule has 23 heavy (non-hydrogen) atoms. The summed E-state index contributed by atoms with van der Waals surface area (Å²) < 4.78 is 0. The van der Waals surface area contributed by atoms with Gasteiger partial charge in [-0.05, 0) is 44.2 Å². The van der Waals surface area contributed by atoms with Crippen LogP contribution in [-0.4, -0.2) is 29.1 Å². The highest BCUT2D eigenvalue weighted by atomic mass is 16.3. The molecule has 1 aliphatic carbocycles. The average Bonchev–Trinajstić information content (AvgIpc) is 3.36. The van der Waals surface area contributed by atoms with Crippen LogP contribution in [0.2, 0.25) is 0 Å². The molecule has 0 saturated heterocycles. The molecule has 126 valence electrons. The third kappa shape index (κ3) is 4.79. The van der Waals surface area contributed by atoms with Crippen molar-refractivity contribution in [2.24, 2.45) is 5.92 Å². The summed E-state index contributed by atoms with van der Waals surface area (Å²) in [5, 5.41) is 15.3. The van der Waals surface area contributed by atoms with E-state index in [1.165, 1.54) is 12.5 Å². The monoisotopic (exact) mass is 318 g/mol. The minimum atomic E-state index is -0.938. The van der Waals surface area contributed by atoms with Gasteiger partial charge in [-0.2, -0.15) is 0 Å². The van der Waals surface area contributed by atoms with Crippen LogP contribution in [0.5, 0.6) is 0 Å². The van der Waals surface area contributed by atoms with Crippen LogP contribution in [0.25, 0.3) is 0 Å². The Morgan fingerprint density at radius 2 is 1.78 bits per heavy atom. The molecule has 2 amide bonds. The number of carbonyl (C=O) groups is 2. The smallest absolute Gasteiger partial charge is 0.245 e.